The van der Waals surface area contributed by atoms with Gasteiger partial charge < -0.3 is 18.8 Å². The van der Waals surface area contributed by atoms with E-state index in [1.165, 1.54) is 16.5 Å². The Balaban J connectivity index is 0.00000162. The van der Waals surface area contributed by atoms with Crippen molar-refractivity contribution >= 4 is 41.5 Å². The Hall–Kier alpha value is -2.88. The quantitative estimate of drug-likeness (QED) is 0.364. The van der Waals surface area contributed by atoms with Gasteiger partial charge >= 0.3 is 0 Å². The number of rotatable bonds is 8. The maximum absolute atomic E-state index is 5.41. The molecule has 3 aromatic heterocycles. The fraction of sp³-hybridized carbons (Fsp3) is 0.391. The first-order valence-electron chi connectivity index (χ1n) is 11.0. The van der Waals surface area contributed by atoms with Gasteiger partial charge in [0.25, 0.3) is 0 Å². The van der Waals surface area contributed by atoms with Crippen LogP contribution in [0.4, 0.5) is 5.82 Å². The zero-order chi connectivity index (χ0) is 21.8. The van der Waals surface area contributed by atoms with Crippen LogP contribution in [-0.4, -0.2) is 74.0 Å². The predicted octanol–water partition coefficient (Wildman–Crippen LogP) is 3.14. The summed E-state index contributed by atoms with van der Waals surface area (Å²) >= 11 is 0. The topological polar surface area (TPSA) is 77.1 Å². The Bertz CT molecular complexity index is 1160. The molecule has 0 saturated carbocycles. The number of aromatic nitrogens is 6. The van der Waals surface area contributed by atoms with E-state index in [4.69, 9.17) is 4.74 Å². The van der Waals surface area contributed by atoms with Crippen LogP contribution >= 0.6 is 24.8 Å². The molecule has 1 aromatic carbocycles. The first kappa shape index (κ1) is 25.7. The number of methoxy groups -OCH3 is 1. The Morgan fingerprint density at radius 2 is 1.76 bits per heavy atom. The van der Waals surface area contributed by atoms with E-state index in [0.29, 0.717) is 0 Å². The van der Waals surface area contributed by atoms with E-state index in [9.17, 15) is 0 Å². The smallest absolute Gasteiger partial charge is 0.179 e. The number of nitrogens with zero attached hydrogens (tertiary/aromatic N) is 8. The first-order chi connectivity index (χ1) is 15.8. The molecule has 0 atom stereocenters. The minimum atomic E-state index is 0. The molecule has 5 rings (SSSR count). The average molecular weight is 505 g/mol. The monoisotopic (exact) mass is 504 g/mol. The lowest BCUT2D eigenvalue weighted by atomic mass is 10.1. The summed E-state index contributed by atoms with van der Waals surface area (Å²) in [6.45, 7) is 6.85. The van der Waals surface area contributed by atoms with Crippen LogP contribution in [0.3, 0.4) is 0 Å². The highest BCUT2D eigenvalue weighted by Gasteiger charge is 2.20. The second kappa shape index (κ2) is 12.0. The van der Waals surface area contributed by atoms with Crippen molar-refractivity contribution in [2.75, 3.05) is 44.7 Å². The highest BCUT2D eigenvalue weighted by atomic mass is 35.5. The van der Waals surface area contributed by atoms with Gasteiger partial charge in [-0.2, -0.15) is 0 Å². The molecule has 0 bridgehead atoms. The van der Waals surface area contributed by atoms with Gasteiger partial charge in [-0.05, 0) is 36.0 Å². The number of fused-ring (bicyclic) bond motifs is 1. The standard InChI is InChI=1S/C23H28N8O.2ClH/c1-32-22-14-24-16-25-23(22)31-11-9-28(10-12-31)6-2-7-30-8-5-20-4-3-19(13-21(20)30)15-29-17-26-27-18-29;;/h3-5,8,13-14,16-18H,2,6-7,9-12,15H2,1H3;2*1H. The average Bonchev–Trinajstić information content (AvgIpc) is 3.49. The van der Waals surface area contributed by atoms with Gasteiger partial charge in [-0.1, -0.05) is 12.1 Å². The Kier molecular flexibility index (Phi) is 9.09. The summed E-state index contributed by atoms with van der Waals surface area (Å²) in [4.78, 5) is 13.3. The highest BCUT2D eigenvalue weighted by molar-refractivity contribution is 5.85. The molecule has 0 N–H and O–H groups in total. The van der Waals surface area contributed by atoms with Crippen molar-refractivity contribution in [2.45, 2.75) is 19.5 Å². The van der Waals surface area contributed by atoms with Crippen LogP contribution in [0.15, 0.2) is 55.6 Å². The van der Waals surface area contributed by atoms with Crippen molar-refractivity contribution in [3.63, 3.8) is 0 Å². The third-order valence-corrected chi connectivity index (χ3v) is 6.09. The summed E-state index contributed by atoms with van der Waals surface area (Å²) < 4.78 is 9.77. The maximum Gasteiger partial charge on any atom is 0.179 e. The Morgan fingerprint density at radius 3 is 2.53 bits per heavy atom. The van der Waals surface area contributed by atoms with Gasteiger partial charge in [-0.15, -0.1) is 35.0 Å². The summed E-state index contributed by atoms with van der Waals surface area (Å²) in [7, 11) is 1.67. The van der Waals surface area contributed by atoms with Gasteiger partial charge in [0.15, 0.2) is 11.6 Å². The van der Waals surface area contributed by atoms with Crippen LogP contribution in [0.2, 0.25) is 0 Å². The Morgan fingerprint density at radius 1 is 0.971 bits per heavy atom. The molecule has 182 valence electrons. The molecule has 1 fully saturated rings. The van der Waals surface area contributed by atoms with E-state index in [0.717, 1.165) is 63.8 Å². The molecule has 9 nitrogen and oxygen atoms in total. The van der Waals surface area contributed by atoms with E-state index < -0.39 is 0 Å². The SMILES string of the molecule is COc1cncnc1N1CCN(CCCn2ccc3ccc(Cn4cnnc4)cc32)CC1.Cl.Cl. The molecule has 0 spiro atoms. The summed E-state index contributed by atoms with van der Waals surface area (Å²) in [5.74, 6) is 1.63. The third kappa shape index (κ3) is 5.78. The highest BCUT2D eigenvalue weighted by Crippen LogP contribution is 2.25. The largest absolute Gasteiger partial charge is 0.491 e. The van der Waals surface area contributed by atoms with Gasteiger partial charge in [-0.25, -0.2) is 9.97 Å². The molecule has 1 aliphatic rings. The van der Waals surface area contributed by atoms with Crippen molar-refractivity contribution in [1.29, 1.82) is 0 Å². The molecule has 34 heavy (non-hydrogen) atoms. The molecule has 0 amide bonds. The second-order valence-electron chi connectivity index (χ2n) is 8.13. The van der Waals surface area contributed by atoms with Crippen molar-refractivity contribution in [2.24, 2.45) is 0 Å². The van der Waals surface area contributed by atoms with E-state index in [-0.39, 0.29) is 24.8 Å². The van der Waals surface area contributed by atoms with Crippen LogP contribution in [0.25, 0.3) is 10.9 Å². The number of piperazine rings is 1. The van der Waals surface area contributed by atoms with Crippen LogP contribution < -0.4 is 9.64 Å². The van der Waals surface area contributed by atoms with Crippen molar-refractivity contribution in [3.8, 4) is 5.75 Å². The Labute approximate surface area is 211 Å². The molecule has 0 radical (unpaired) electrons. The maximum atomic E-state index is 5.41. The van der Waals surface area contributed by atoms with E-state index >= 15 is 0 Å². The number of ether oxygens (including phenoxy) is 1. The number of aryl methyl sites for hydroxylation is 1. The van der Waals surface area contributed by atoms with Crippen LogP contribution in [0, 0.1) is 0 Å². The fourth-order valence-electron chi connectivity index (χ4n) is 4.38. The minimum absolute atomic E-state index is 0. The van der Waals surface area contributed by atoms with Crippen molar-refractivity contribution < 1.29 is 4.74 Å². The minimum Gasteiger partial charge on any atom is -0.491 e. The molecule has 0 aliphatic carbocycles. The van der Waals surface area contributed by atoms with Gasteiger partial charge in [0.1, 0.15) is 19.0 Å². The van der Waals surface area contributed by atoms with Gasteiger partial charge in [0, 0.05) is 44.4 Å². The number of halogens is 2. The molecule has 1 saturated heterocycles. The third-order valence-electron chi connectivity index (χ3n) is 6.09. The second-order valence-corrected chi connectivity index (χ2v) is 8.13. The van der Waals surface area contributed by atoms with Gasteiger partial charge in [0.05, 0.1) is 19.9 Å². The lowest BCUT2D eigenvalue weighted by Gasteiger charge is -2.35. The van der Waals surface area contributed by atoms with Gasteiger partial charge in [0.2, 0.25) is 0 Å². The number of benzene rings is 1. The van der Waals surface area contributed by atoms with Crippen molar-refractivity contribution in [1.82, 2.24) is 34.2 Å². The molecule has 0 unspecified atom stereocenters. The van der Waals surface area contributed by atoms with Crippen LogP contribution in [0.1, 0.15) is 12.0 Å². The van der Waals surface area contributed by atoms with Crippen molar-refractivity contribution in [3.05, 3.63) is 61.2 Å². The summed E-state index contributed by atoms with van der Waals surface area (Å²) in [5, 5.41) is 9.06. The molecular formula is C23H30Cl2N8O. The molecule has 11 heteroatoms. The molecular weight excluding hydrogens is 475 g/mol. The zero-order valence-electron chi connectivity index (χ0n) is 19.2. The first-order valence-corrected chi connectivity index (χ1v) is 11.0. The predicted molar refractivity (Wildman–Crippen MR) is 137 cm³/mol. The van der Waals surface area contributed by atoms with Gasteiger partial charge in [-0.3, -0.25) is 4.90 Å². The number of hydrogen-bond acceptors (Lipinski definition) is 7. The summed E-state index contributed by atoms with van der Waals surface area (Å²) in [5.41, 5.74) is 2.55. The molecule has 4 aromatic rings. The molecule has 1 aliphatic heterocycles. The van der Waals surface area contributed by atoms with Crippen LogP contribution in [-0.2, 0) is 13.1 Å². The van der Waals surface area contributed by atoms with E-state index in [1.54, 1.807) is 32.3 Å². The zero-order valence-corrected chi connectivity index (χ0v) is 20.8. The lowest BCUT2D eigenvalue weighted by molar-refractivity contribution is 0.249. The normalized spacial score (nSPS) is 14.0. The summed E-state index contributed by atoms with van der Waals surface area (Å²) in [6.07, 6.45) is 10.1. The summed E-state index contributed by atoms with van der Waals surface area (Å²) in [6, 6.07) is 8.86. The number of anilines is 1. The fourth-order valence-corrected chi connectivity index (χ4v) is 4.38. The van der Waals surface area contributed by atoms with E-state index in [1.807, 2.05) is 4.57 Å². The molecule has 4 heterocycles. The lowest BCUT2D eigenvalue weighted by Crippen LogP contribution is -2.47. The number of hydrogen-bond donors (Lipinski definition) is 0. The van der Waals surface area contributed by atoms with E-state index in [2.05, 4.69) is 65.0 Å². The van der Waals surface area contributed by atoms with Crippen LogP contribution in [0.5, 0.6) is 5.75 Å².